The van der Waals surface area contributed by atoms with E-state index in [1.165, 1.54) is 12.7 Å². The fourth-order valence-corrected chi connectivity index (χ4v) is 3.69. The first-order chi connectivity index (χ1) is 9.49. The lowest BCUT2D eigenvalue weighted by molar-refractivity contribution is 0.294. The second-order valence-corrected chi connectivity index (χ2v) is 7.28. The van der Waals surface area contributed by atoms with Gasteiger partial charge in [0.2, 0.25) is 10.0 Å². The molecule has 1 aliphatic rings. The molecule has 1 atom stereocenters. The predicted molar refractivity (Wildman–Crippen MR) is 78.5 cm³/mol. The summed E-state index contributed by atoms with van der Waals surface area (Å²) in [7, 11) is -3.25. The van der Waals surface area contributed by atoms with Gasteiger partial charge in [0.15, 0.2) is 0 Å². The van der Waals surface area contributed by atoms with Gasteiger partial charge in [-0.2, -0.15) is 5.26 Å². The SMILES string of the molecule is CS(=O)(=O)NC(c1ccc(C#N)cc1)C1CCCCC1. The summed E-state index contributed by atoms with van der Waals surface area (Å²) in [5, 5.41) is 8.84. The molecule has 0 saturated heterocycles. The van der Waals surface area contributed by atoms with Crippen LogP contribution < -0.4 is 4.72 Å². The van der Waals surface area contributed by atoms with Crippen LogP contribution in [0.5, 0.6) is 0 Å². The van der Waals surface area contributed by atoms with Crippen LogP contribution in [-0.4, -0.2) is 14.7 Å². The highest BCUT2D eigenvalue weighted by atomic mass is 32.2. The van der Waals surface area contributed by atoms with Crippen LogP contribution in [0.15, 0.2) is 24.3 Å². The molecule has 0 amide bonds. The maximum Gasteiger partial charge on any atom is 0.209 e. The Bertz CT molecular complexity index is 581. The molecule has 0 radical (unpaired) electrons. The first-order valence-electron chi connectivity index (χ1n) is 6.97. The molecule has 108 valence electrons. The van der Waals surface area contributed by atoms with Gasteiger partial charge in [-0.3, -0.25) is 0 Å². The standard InChI is InChI=1S/C15H20N2O2S/c1-20(18,19)17-15(13-5-3-2-4-6-13)14-9-7-12(11-16)8-10-14/h7-10,13,15,17H,2-6H2,1H3. The summed E-state index contributed by atoms with van der Waals surface area (Å²) in [6.45, 7) is 0. The Morgan fingerprint density at radius 3 is 2.30 bits per heavy atom. The molecule has 20 heavy (non-hydrogen) atoms. The molecule has 4 nitrogen and oxygen atoms in total. The maximum atomic E-state index is 11.6. The summed E-state index contributed by atoms with van der Waals surface area (Å²) in [6, 6.07) is 9.10. The zero-order chi connectivity index (χ0) is 14.6. The van der Waals surface area contributed by atoms with E-state index >= 15 is 0 Å². The van der Waals surface area contributed by atoms with E-state index < -0.39 is 10.0 Å². The zero-order valence-corrected chi connectivity index (χ0v) is 12.5. The van der Waals surface area contributed by atoms with Crippen molar-refractivity contribution in [2.75, 3.05) is 6.26 Å². The van der Waals surface area contributed by atoms with Crippen LogP contribution in [-0.2, 0) is 10.0 Å². The largest absolute Gasteiger partial charge is 0.213 e. The monoisotopic (exact) mass is 292 g/mol. The second kappa shape index (κ2) is 6.38. The van der Waals surface area contributed by atoms with Crippen LogP contribution in [0.2, 0.25) is 0 Å². The minimum Gasteiger partial charge on any atom is -0.213 e. The van der Waals surface area contributed by atoms with Gasteiger partial charge in [-0.1, -0.05) is 31.4 Å². The van der Waals surface area contributed by atoms with Crippen LogP contribution >= 0.6 is 0 Å². The van der Waals surface area contributed by atoms with Gasteiger partial charge in [-0.15, -0.1) is 0 Å². The van der Waals surface area contributed by atoms with Gasteiger partial charge in [0.25, 0.3) is 0 Å². The third-order valence-corrected chi connectivity index (χ3v) is 4.54. The number of hydrogen-bond donors (Lipinski definition) is 1. The third-order valence-electron chi connectivity index (χ3n) is 3.86. The van der Waals surface area contributed by atoms with Crippen LogP contribution in [0.3, 0.4) is 0 Å². The Hall–Kier alpha value is -1.38. The van der Waals surface area contributed by atoms with Crippen molar-refractivity contribution < 1.29 is 8.42 Å². The molecular weight excluding hydrogens is 272 g/mol. The smallest absolute Gasteiger partial charge is 0.209 e. The molecule has 1 saturated carbocycles. The first-order valence-corrected chi connectivity index (χ1v) is 8.86. The summed E-state index contributed by atoms with van der Waals surface area (Å²) in [4.78, 5) is 0. The van der Waals surface area contributed by atoms with Crippen molar-refractivity contribution in [3.8, 4) is 6.07 Å². The summed E-state index contributed by atoms with van der Waals surface area (Å²) in [5.41, 5.74) is 1.54. The molecule has 1 aromatic rings. The first kappa shape index (κ1) is 15.0. The number of benzene rings is 1. The molecular formula is C15H20N2O2S. The fourth-order valence-electron chi connectivity index (χ4n) is 2.90. The van der Waals surface area contributed by atoms with Gasteiger partial charge < -0.3 is 0 Å². The summed E-state index contributed by atoms with van der Waals surface area (Å²) in [5.74, 6) is 0.339. The lowest BCUT2D eigenvalue weighted by Crippen LogP contribution is -2.33. The Morgan fingerprint density at radius 2 is 1.80 bits per heavy atom. The van der Waals surface area contributed by atoms with E-state index in [2.05, 4.69) is 10.8 Å². The van der Waals surface area contributed by atoms with Crippen molar-refractivity contribution in [1.29, 1.82) is 5.26 Å². The summed E-state index contributed by atoms with van der Waals surface area (Å²) >= 11 is 0. The number of sulfonamides is 1. The molecule has 0 aromatic heterocycles. The van der Waals surface area contributed by atoms with Gasteiger partial charge in [0.05, 0.1) is 17.9 Å². The zero-order valence-electron chi connectivity index (χ0n) is 11.7. The number of nitrogens with one attached hydrogen (secondary N) is 1. The molecule has 0 spiro atoms. The highest BCUT2D eigenvalue weighted by Gasteiger charge is 2.27. The van der Waals surface area contributed by atoms with Gasteiger partial charge in [-0.05, 0) is 36.5 Å². The van der Waals surface area contributed by atoms with Crippen molar-refractivity contribution in [3.05, 3.63) is 35.4 Å². The van der Waals surface area contributed by atoms with E-state index in [1.54, 1.807) is 12.1 Å². The van der Waals surface area contributed by atoms with Crippen molar-refractivity contribution >= 4 is 10.0 Å². The summed E-state index contributed by atoms with van der Waals surface area (Å²) < 4.78 is 26.0. The van der Waals surface area contributed by atoms with E-state index in [9.17, 15) is 8.42 Å². The molecule has 0 aliphatic heterocycles. The van der Waals surface area contributed by atoms with Gasteiger partial charge in [0.1, 0.15) is 0 Å². The van der Waals surface area contributed by atoms with E-state index in [0.717, 1.165) is 31.2 Å². The molecule has 2 rings (SSSR count). The van der Waals surface area contributed by atoms with Crippen molar-refractivity contribution in [2.24, 2.45) is 5.92 Å². The van der Waals surface area contributed by atoms with Crippen LogP contribution in [0.4, 0.5) is 0 Å². The number of rotatable bonds is 4. The molecule has 1 N–H and O–H groups in total. The minimum absolute atomic E-state index is 0.182. The maximum absolute atomic E-state index is 11.6. The molecule has 1 fully saturated rings. The number of nitriles is 1. The number of nitrogens with zero attached hydrogens (tertiary/aromatic N) is 1. The second-order valence-electron chi connectivity index (χ2n) is 5.50. The molecule has 1 aliphatic carbocycles. The van der Waals surface area contributed by atoms with Crippen LogP contribution in [0, 0.1) is 17.2 Å². The third kappa shape index (κ3) is 4.06. The Kier molecular flexibility index (Phi) is 4.79. The Balaban J connectivity index is 2.26. The van der Waals surface area contributed by atoms with E-state index in [0.29, 0.717) is 11.5 Å². The topological polar surface area (TPSA) is 70.0 Å². The normalized spacial score (nSPS) is 18.4. The van der Waals surface area contributed by atoms with Crippen molar-refractivity contribution in [2.45, 2.75) is 38.1 Å². The highest BCUT2D eigenvalue weighted by Crippen LogP contribution is 2.34. The average molecular weight is 292 g/mol. The van der Waals surface area contributed by atoms with Crippen LogP contribution in [0.1, 0.15) is 49.3 Å². The molecule has 0 bridgehead atoms. The minimum atomic E-state index is -3.25. The Labute approximate surface area is 120 Å². The molecule has 1 unspecified atom stereocenters. The molecule has 1 aromatic carbocycles. The Morgan fingerprint density at radius 1 is 1.20 bits per heavy atom. The quantitative estimate of drug-likeness (QED) is 0.927. The average Bonchev–Trinajstić information content (AvgIpc) is 2.45. The van der Waals surface area contributed by atoms with Gasteiger partial charge >= 0.3 is 0 Å². The highest BCUT2D eigenvalue weighted by molar-refractivity contribution is 7.88. The van der Waals surface area contributed by atoms with Crippen LogP contribution in [0.25, 0.3) is 0 Å². The van der Waals surface area contributed by atoms with Crippen molar-refractivity contribution in [3.63, 3.8) is 0 Å². The molecule has 0 heterocycles. The predicted octanol–water partition coefficient (Wildman–Crippen LogP) is 2.73. The van der Waals surface area contributed by atoms with Crippen molar-refractivity contribution in [1.82, 2.24) is 4.72 Å². The van der Waals surface area contributed by atoms with E-state index in [4.69, 9.17) is 5.26 Å². The van der Waals surface area contributed by atoms with E-state index in [-0.39, 0.29) is 6.04 Å². The lowest BCUT2D eigenvalue weighted by atomic mass is 9.81. The fraction of sp³-hybridized carbons (Fsp3) is 0.533. The van der Waals surface area contributed by atoms with E-state index in [1.807, 2.05) is 12.1 Å². The summed E-state index contributed by atoms with van der Waals surface area (Å²) in [6.07, 6.45) is 6.84. The van der Waals surface area contributed by atoms with Gasteiger partial charge in [0, 0.05) is 6.04 Å². The number of hydrogen-bond acceptors (Lipinski definition) is 3. The lowest BCUT2D eigenvalue weighted by Gasteiger charge is -2.30. The molecule has 5 heteroatoms. The van der Waals surface area contributed by atoms with Gasteiger partial charge in [-0.25, -0.2) is 13.1 Å².